The second-order valence-corrected chi connectivity index (χ2v) is 7.48. The van der Waals surface area contributed by atoms with Crippen molar-refractivity contribution < 1.29 is 4.52 Å². The molecule has 0 aliphatic carbocycles. The average molecular weight is 294 g/mol. The Kier molecular flexibility index (Phi) is 5.38. The third-order valence-corrected chi connectivity index (χ3v) is 4.16. The molecular formula is C16H30N4O. The smallest absolute Gasteiger partial charge is 0.240 e. The SMILES string of the molecule is CC(C)N(Cc1nc(C(C)(C)C)no1)CC1CCNCC1. The molecule has 1 N–H and O–H groups in total. The van der Waals surface area contributed by atoms with E-state index in [-0.39, 0.29) is 5.41 Å². The zero-order valence-electron chi connectivity index (χ0n) is 14.1. The van der Waals surface area contributed by atoms with Gasteiger partial charge in [0.15, 0.2) is 5.82 Å². The first-order valence-electron chi connectivity index (χ1n) is 8.14. The predicted molar refractivity (Wildman–Crippen MR) is 84.1 cm³/mol. The number of hydrogen-bond donors (Lipinski definition) is 1. The van der Waals surface area contributed by atoms with Gasteiger partial charge in [-0.3, -0.25) is 4.90 Å². The van der Waals surface area contributed by atoms with Crippen molar-refractivity contribution >= 4 is 0 Å². The molecular weight excluding hydrogens is 264 g/mol. The van der Waals surface area contributed by atoms with Crippen LogP contribution in [0.3, 0.4) is 0 Å². The van der Waals surface area contributed by atoms with E-state index in [0.717, 1.165) is 43.8 Å². The number of nitrogens with zero attached hydrogens (tertiary/aromatic N) is 3. The van der Waals surface area contributed by atoms with Crippen LogP contribution in [0.2, 0.25) is 0 Å². The first kappa shape index (κ1) is 16.4. The highest BCUT2D eigenvalue weighted by Crippen LogP contribution is 2.20. The van der Waals surface area contributed by atoms with Crippen LogP contribution in [0.25, 0.3) is 0 Å². The maximum Gasteiger partial charge on any atom is 0.240 e. The van der Waals surface area contributed by atoms with Crippen molar-refractivity contribution in [3.8, 4) is 0 Å². The summed E-state index contributed by atoms with van der Waals surface area (Å²) in [5.74, 6) is 2.31. The van der Waals surface area contributed by atoms with Crippen molar-refractivity contribution in [1.29, 1.82) is 0 Å². The molecule has 0 bridgehead atoms. The summed E-state index contributed by atoms with van der Waals surface area (Å²) < 4.78 is 5.45. The van der Waals surface area contributed by atoms with Crippen LogP contribution in [0.15, 0.2) is 4.52 Å². The maximum atomic E-state index is 5.45. The molecule has 1 fully saturated rings. The largest absolute Gasteiger partial charge is 0.338 e. The molecule has 2 heterocycles. The Labute approximate surface area is 128 Å². The van der Waals surface area contributed by atoms with Gasteiger partial charge in [-0.15, -0.1) is 0 Å². The normalized spacial score (nSPS) is 17.9. The minimum absolute atomic E-state index is 0.0561. The van der Waals surface area contributed by atoms with E-state index in [1.165, 1.54) is 12.8 Å². The van der Waals surface area contributed by atoms with Gasteiger partial charge in [-0.05, 0) is 45.7 Å². The lowest BCUT2D eigenvalue weighted by Crippen LogP contribution is -2.39. The van der Waals surface area contributed by atoms with Crippen LogP contribution in [-0.4, -0.2) is 40.7 Å². The number of nitrogens with one attached hydrogen (secondary N) is 1. The van der Waals surface area contributed by atoms with E-state index in [1.54, 1.807) is 0 Å². The van der Waals surface area contributed by atoms with E-state index < -0.39 is 0 Å². The second-order valence-electron chi connectivity index (χ2n) is 7.48. The molecule has 5 nitrogen and oxygen atoms in total. The molecule has 2 rings (SSSR count). The van der Waals surface area contributed by atoms with Crippen molar-refractivity contribution in [2.45, 2.75) is 65.5 Å². The lowest BCUT2D eigenvalue weighted by Gasteiger charge is -2.31. The Morgan fingerprint density at radius 3 is 2.48 bits per heavy atom. The molecule has 0 atom stereocenters. The first-order valence-corrected chi connectivity index (χ1v) is 8.14. The number of piperidine rings is 1. The maximum absolute atomic E-state index is 5.45. The Balaban J connectivity index is 1.97. The van der Waals surface area contributed by atoms with Crippen LogP contribution in [0, 0.1) is 5.92 Å². The number of rotatable bonds is 5. The molecule has 0 unspecified atom stereocenters. The monoisotopic (exact) mass is 294 g/mol. The van der Waals surface area contributed by atoms with Crippen LogP contribution in [0.1, 0.15) is 59.2 Å². The van der Waals surface area contributed by atoms with Crippen molar-refractivity contribution in [2.75, 3.05) is 19.6 Å². The Morgan fingerprint density at radius 1 is 1.29 bits per heavy atom. The molecule has 0 radical (unpaired) electrons. The fourth-order valence-corrected chi connectivity index (χ4v) is 2.65. The summed E-state index contributed by atoms with van der Waals surface area (Å²) >= 11 is 0. The van der Waals surface area contributed by atoms with E-state index in [2.05, 4.69) is 55.0 Å². The molecule has 21 heavy (non-hydrogen) atoms. The van der Waals surface area contributed by atoms with E-state index in [1.807, 2.05) is 0 Å². The van der Waals surface area contributed by atoms with E-state index in [9.17, 15) is 0 Å². The predicted octanol–water partition coefficient (Wildman–Crippen LogP) is 2.58. The van der Waals surface area contributed by atoms with Crippen LogP contribution in [0.5, 0.6) is 0 Å². The fourth-order valence-electron chi connectivity index (χ4n) is 2.65. The molecule has 0 saturated carbocycles. The van der Waals surface area contributed by atoms with E-state index in [0.29, 0.717) is 6.04 Å². The summed E-state index contributed by atoms with van der Waals surface area (Å²) in [6.07, 6.45) is 2.53. The zero-order valence-corrected chi connectivity index (χ0v) is 14.1. The summed E-state index contributed by atoms with van der Waals surface area (Å²) in [5.41, 5.74) is -0.0561. The van der Waals surface area contributed by atoms with Gasteiger partial charge < -0.3 is 9.84 Å². The van der Waals surface area contributed by atoms with E-state index in [4.69, 9.17) is 4.52 Å². The quantitative estimate of drug-likeness (QED) is 0.904. The van der Waals surface area contributed by atoms with Gasteiger partial charge in [-0.25, -0.2) is 0 Å². The first-order chi connectivity index (χ1) is 9.86. The summed E-state index contributed by atoms with van der Waals surface area (Å²) in [7, 11) is 0. The Morgan fingerprint density at radius 2 is 1.95 bits per heavy atom. The molecule has 1 aromatic rings. The third kappa shape index (κ3) is 4.78. The summed E-state index contributed by atoms with van der Waals surface area (Å²) in [6, 6.07) is 0.491. The molecule has 0 aromatic carbocycles. The van der Waals surface area contributed by atoms with Gasteiger partial charge in [-0.2, -0.15) is 4.98 Å². The summed E-state index contributed by atoms with van der Waals surface area (Å²) in [4.78, 5) is 7.02. The van der Waals surface area contributed by atoms with Gasteiger partial charge in [0, 0.05) is 18.0 Å². The molecule has 1 aromatic heterocycles. The van der Waals surface area contributed by atoms with Gasteiger partial charge in [0.2, 0.25) is 5.89 Å². The van der Waals surface area contributed by atoms with Gasteiger partial charge in [-0.1, -0.05) is 25.9 Å². The lowest BCUT2D eigenvalue weighted by molar-refractivity contribution is 0.144. The minimum atomic E-state index is -0.0561. The molecule has 1 aliphatic heterocycles. The second kappa shape index (κ2) is 6.88. The molecule has 1 aliphatic rings. The lowest BCUT2D eigenvalue weighted by atomic mass is 9.96. The van der Waals surface area contributed by atoms with Crippen molar-refractivity contribution in [2.24, 2.45) is 5.92 Å². The van der Waals surface area contributed by atoms with Crippen molar-refractivity contribution in [1.82, 2.24) is 20.4 Å². The van der Waals surface area contributed by atoms with Crippen molar-refractivity contribution in [3.63, 3.8) is 0 Å². The van der Waals surface area contributed by atoms with Crippen LogP contribution in [-0.2, 0) is 12.0 Å². The molecule has 1 saturated heterocycles. The van der Waals surface area contributed by atoms with Gasteiger partial charge in [0.1, 0.15) is 0 Å². The highest BCUT2D eigenvalue weighted by Gasteiger charge is 2.24. The molecule has 0 amide bonds. The standard InChI is InChI=1S/C16H30N4O/c1-12(2)20(10-13-6-8-17-9-7-13)11-14-18-15(19-21-14)16(3,4)5/h12-13,17H,6-11H2,1-5H3. The molecule has 5 heteroatoms. The fraction of sp³-hybridized carbons (Fsp3) is 0.875. The average Bonchev–Trinajstić information content (AvgIpc) is 2.87. The van der Waals surface area contributed by atoms with Gasteiger partial charge in [0.25, 0.3) is 0 Å². The Hall–Kier alpha value is -0.940. The van der Waals surface area contributed by atoms with Crippen LogP contribution < -0.4 is 5.32 Å². The summed E-state index contributed by atoms with van der Waals surface area (Å²) in [5, 5.41) is 7.55. The Bertz CT molecular complexity index is 430. The van der Waals surface area contributed by atoms with E-state index >= 15 is 0 Å². The minimum Gasteiger partial charge on any atom is -0.338 e. The van der Waals surface area contributed by atoms with Gasteiger partial charge in [0.05, 0.1) is 6.54 Å². The van der Waals surface area contributed by atoms with Gasteiger partial charge >= 0.3 is 0 Å². The number of hydrogen-bond acceptors (Lipinski definition) is 5. The molecule has 0 spiro atoms. The topological polar surface area (TPSA) is 54.2 Å². The van der Waals surface area contributed by atoms with Crippen LogP contribution >= 0.6 is 0 Å². The zero-order chi connectivity index (χ0) is 15.5. The highest BCUT2D eigenvalue weighted by molar-refractivity contribution is 5.00. The third-order valence-electron chi connectivity index (χ3n) is 4.16. The van der Waals surface area contributed by atoms with Crippen LogP contribution in [0.4, 0.5) is 0 Å². The van der Waals surface area contributed by atoms with Crippen molar-refractivity contribution in [3.05, 3.63) is 11.7 Å². The molecule has 120 valence electrons. The number of aromatic nitrogens is 2. The summed E-state index contributed by atoms with van der Waals surface area (Å²) in [6.45, 7) is 15.0. The highest BCUT2D eigenvalue weighted by atomic mass is 16.5.